The van der Waals surface area contributed by atoms with Crippen LogP contribution in [0.2, 0.25) is 0 Å². The van der Waals surface area contributed by atoms with Gasteiger partial charge in [-0.1, -0.05) is 30.3 Å². The second kappa shape index (κ2) is 9.19. The van der Waals surface area contributed by atoms with Crippen LogP contribution in [0.3, 0.4) is 0 Å². The Labute approximate surface area is 134 Å². The number of hydrazine groups is 1. The maximum Gasteiger partial charge on any atom is 0.327 e. The van der Waals surface area contributed by atoms with Crippen LogP contribution in [-0.4, -0.2) is 36.2 Å². The second-order valence-electron chi connectivity index (χ2n) is 5.07. The third-order valence-corrected chi connectivity index (χ3v) is 2.60. The van der Waals surface area contributed by atoms with Crippen molar-refractivity contribution in [2.24, 2.45) is 0 Å². The van der Waals surface area contributed by atoms with E-state index >= 15 is 0 Å². The Morgan fingerprint density at radius 2 is 1.57 bits per heavy atom. The van der Waals surface area contributed by atoms with Crippen LogP contribution in [0.5, 0.6) is 0 Å². The van der Waals surface area contributed by atoms with Crippen molar-refractivity contribution in [3.05, 3.63) is 35.9 Å². The second-order valence-corrected chi connectivity index (χ2v) is 5.07. The first-order chi connectivity index (χ1) is 10.9. The Kier molecular flexibility index (Phi) is 7.25. The first kappa shape index (κ1) is 18.1. The van der Waals surface area contributed by atoms with Gasteiger partial charge >= 0.3 is 11.8 Å². The zero-order valence-electron chi connectivity index (χ0n) is 13.0. The van der Waals surface area contributed by atoms with Gasteiger partial charge < -0.3 is 10.6 Å². The van der Waals surface area contributed by atoms with Crippen LogP contribution < -0.4 is 21.5 Å². The molecule has 0 aliphatic carbocycles. The van der Waals surface area contributed by atoms with Crippen LogP contribution in [-0.2, 0) is 25.6 Å². The van der Waals surface area contributed by atoms with Crippen molar-refractivity contribution in [1.82, 2.24) is 21.5 Å². The summed E-state index contributed by atoms with van der Waals surface area (Å²) in [6, 6.07) is 8.87. The van der Waals surface area contributed by atoms with Gasteiger partial charge in [0.1, 0.15) is 0 Å². The van der Waals surface area contributed by atoms with Gasteiger partial charge in [0.2, 0.25) is 5.91 Å². The van der Waals surface area contributed by atoms with Crippen molar-refractivity contribution < 1.29 is 19.2 Å². The largest absolute Gasteiger partial charge is 0.347 e. The van der Waals surface area contributed by atoms with E-state index in [-0.39, 0.29) is 24.9 Å². The van der Waals surface area contributed by atoms with Gasteiger partial charge in [0.25, 0.3) is 5.91 Å². The SMILES string of the molecule is CC(C)NC(=O)C(=O)NNC(=O)CNC(=O)Cc1ccccc1. The molecule has 0 aliphatic heterocycles. The zero-order valence-corrected chi connectivity index (χ0v) is 13.0. The highest BCUT2D eigenvalue weighted by molar-refractivity contribution is 6.35. The zero-order chi connectivity index (χ0) is 17.2. The van der Waals surface area contributed by atoms with E-state index < -0.39 is 17.7 Å². The molecule has 0 aliphatic rings. The first-order valence-corrected chi connectivity index (χ1v) is 7.08. The summed E-state index contributed by atoms with van der Waals surface area (Å²) in [6.45, 7) is 3.09. The van der Waals surface area contributed by atoms with E-state index in [1.54, 1.807) is 26.0 Å². The topological polar surface area (TPSA) is 116 Å². The molecule has 0 atom stereocenters. The molecule has 0 heterocycles. The van der Waals surface area contributed by atoms with Gasteiger partial charge in [0, 0.05) is 6.04 Å². The Morgan fingerprint density at radius 3 is 2.17 bits per heavy atom. The molecule has 0 bridgehead atoms. The van der Waals surface area contributed by atoms with Crippen molar-refractivity contribution in [1.29, 1.82) is 0 Å². The van der Waals surface area contributed by atoms with Crippen LogP contribution in [0.15, 0.2) is 30.3 Å². The minimum absolute atomic E-state index is 0.150. The van der Waals surface area contributed by atoms with Gasteiger partial charge in [0.05, 0.1) is 13.0 Å². The van der Waals surface area contributed by atoms with E-state index in [1.807, 2.05) is 29.1 Å². The molecule has 0 saturated carbocycles. The van der Waals surface area contributed by atoms with Crippen LogP contribution in [0.1, 0.15) is 19.4 Å². The fourth-order valence-corrected chi connectivity index (χ4v) is 1.58. The lowest BCUT2D eigenvalue weighted by Gasteiger charge is -2.10. The van der Waals surface area contributed by atoms with Crippen LogP contribution >= 0.6 is 0 Å². The predicted molar refractivity (Wildman–Crippen MR) is 82.7 cm³/mol. The lowest BCUT2D eigenvalue weighted by molar-refractivity contribution is -0.141. The van der Waals surface area contributed by atoms with Gasteiger partial charge in [-0.05, 0) is 19.4 Å². The standard InChI is InChI=1S/C15H20N4O4/c1-10(2)17-14(22)15(23)19-18-13(21)9-16-12(20)8-11-6-4-3-5-7-11/h3-7,10H,8-9H2,1-2H3,(H,16,20)(H,17,22)(H,18,21)(H,19,23). The summed E-state index contributed by atoms with van der Waals surface area (Å²) in [5.41, 5.74) is 4.82. The number of carbonyl (C=O) groups is 4. The molecule has 0 spiro atoms. The fraction of sp³-hybridized carbons (Fsp3) is 0.333. The molecule has 4 N–H and O–H groups in total. The maximum absolute atomic E-state index is 11.6. The van der Waals surface area contributed by atoms with E-state index in [0.717, 1.165) is 5.56 Å². The number of amides is 4. The average Bonchev–Trinajstić information content (AvgIpc) is 2.50. The van der Waals surface area contributed by atoms with Crippen LogP contribution in [0, 0.1) is 0 Å². The summed E-state index contributed by atoms with van der Waals surface area (Å²) >= 11 is 0. The lowest BCUT2D eigenvalue weighted by atomic mass is 10.1. The van der Waals surface area contributed by atoms with Gasteiger partial charge in [0.15, 0.2) is 0 Å². The molecule has 0 radical (unpaired) electrons. The molecule has 1 aromatic carbocycles. The van der Waals surface area contributed by atoms with Crippen molar-refractivity contribution in [3.8, 4) is 0 Å². The van der Waals surface area contributed by atoms with Gasteiger partial charge in [-0.25, -0.2) is 0 Å². The third kappa shape index (κ3) is 7.60. The average molecular weight is 320 g/mol. The number of nitrogens with one attached hydrogen (secondary N) is 4. The number of carbonyl (C=O) groups excluding carboxylic acids is 4. The van der Waals surface area contributed by atoms with E-state index in [4.69, 9.17) is 0 Å². The minimum atomic E-state index is -0.984. The van der Waals surface area contributed by atoms with E-state index in [9.17, 15) is 19.2 Å². The summed E-state index contributed by atoms with van der Waals surface area (Å²) in [6.07, 6.45) is 0.150. The first-order valence-electron chi connectivity index (χ1n) is 7.08. The number of benzene rings is 1. The Bertz CT molecular complexity index is 572. The smallest absolute Gasteiger partial charge is 0.327 e. The lowest BCUT2D eigenvalue weighted by Crippen LogP contribution is -2.51. The Balaban J connectivity index is 2.25. The number of hydrogen-bond acceptors (Lipinski definition) is 4. The molecular weight excluding hydrogens is 300 g/mol. The fourth-order valence-electron chi connectivity index (χ4n) is 1.58. The van der Waals surface area contributed by atoms with Gasteiger partial charge in [-0.2, -0.15) is 0 Å². The summed E-state index contributed by atoms with van der Waals surface area (Å²) in [4.78, 5) is 45.7. The molecular formula is C15H20N4O4. The maximum atomic E-state index is 11.6. The summed E-state index contributed by atoms with van der Waals surface area (Å²) in [5.74, 6) is -2.80. The Hall–Kier alpha value is -2.90. The summed E-state index contributed by atoms with van der Waals surface area (Å²) < 4.78 is 0. The molecule has 4 amide bonds. The van der Waals surface area contributed by atoms with Gasteiger partial charge in [-0.15, -0.1) is 0 Å². The van der Waals surface area contributed by atoms with Crippen molar-refractivity contribution in [2.45, 2.75) is 26.3 Å². The normalized spacial score (nSPS) is 9.87. The molecule has 1 rings (SSSR count). The van der Waals surface area contributed by atoms with E-state index in [0.29, 0.717) is 0 Å². The van der Waals surface area contributed by atoms with E-state index in [2.05, 4.69) is 10.6 Å². The molecule has 23 heavy (non-hydrogen) atoms. The molecule has 0 aromatic heterocycles. The summed E-state index contributed by atoms with van der Waals surface area (Å²) in [7, 11) is 0. The molecule has 1 aromatic rings. The highest BCUT2D eigenvalue weighted by Gasteiger charge is 2.15. The Morgan fingerprint density at radius 1 is 0.913 bits per heavy atom. The van der Waals surface area contributed by atoms with Gasteiger partial charge in [-0.3, -0.25) is 30.0 Å². The van der Waals surface area contributed by atoms with Crippen molar-refractivity contribution in [3.63, 3.8) is 0 Å². The molecule has 8 nitrogen and oxygen atoms in total. The number of rotatable bonds is 5. The van der Waals surface area contributed by atoms with Crippen LogP contribution in [0.4, 0.5) is 0 Å². The summed E-state index contributed by atoms with van der Waals surface area (Å²) in [5, 5.41) is 4.79. The predicted octanol–water partition coefficient (Wildman–Crippen LogP) is -0.983. The molecule has 8 heteroatoms. The number of hydrogen-bond donors (Lipinski definition) is 4. The van der Waals surface area contributed by atoms with E-state index in [1.165, 1.54) is 0 Å². The van der Waals surface area contributed by atoms with Crippen molar-refractivity contribution in [2.75, 3.05) is 6.54 Å². The minimum Gasteiger partial charge on any atom is -0.347 e. The molecule has 0 saturated heterocycles. The molecule has 0 fully saturated rings. The highest BCUT2D eigenvalue weighted by atomic mass is 16.2. The monoisotopic (exact) mass is 320 g/mol. The highest BCUT2D eigenvalue weighted by Crippen LogP contribution is 1.98. The van der Waals surface area contributed by atoms with Crippen LogP contribution in [0.25, 0.3) is 0 Å². The third-order valence-electron chi connectivity index (χ3n) is 2.60. The van der Waals surface area contributed by atoms with Crippen molar-refractivity contribution >= 4 is 23.6 Å². The quantitative estimate of drug-likeness (QED) is 0.412. The molecule has 0 unspecified atom stereocenters. The molecule has 124 valence electrons.